The second kappa shape index (κ2) is 5.67. The van der Waals surface area contributed by atoms with Gasteiger partial charge in [0.05, 0.1) is 4.92 Å². The number of halogens is 1. The molecule has 1 aromatic rings. The van der Waals surface area contributed by atoms with Gasteiger partial charge in [0, 0.05) is 28.3 Å². The van der Waals surface area contributed by atoms with Gasteiger partial charge in [-0.1, -0.05) is 0 Å². The highest BCUT2D eigenvalue weighted by Crippen LogP contribution is 2.28. The first-order valence-electron chi connectivity index (χ1n) is 5.95. The fourth-order valence-corrected chi connectivity index (χ4v) is 2.59. The molecule has 0 spiro atoms. The van der Waals surface area contributed by atoms with Gasteiger partial charge in [-0.25, -0.2) is 0 Å². The Morgan fingerprint density at radius 1 is 1.44 bits per heavy atom. The zero-order chi connectivity index (χ0) is 13.1. The van der Waals surface area contributed by atoms with Crippen molar-refractivity contribution in [2.24, 2.45) is 0 Å². The molecule has 2 rings (SSSR count). The molecule has 0 aliphatic carbocycles. The largest absolute Gasteiger partial charge is 0.381 e. The van der Waals surface area contributed by atoms with Crippen molar-refractivity contribution in [2.75, 3.05) is 25.5 Å². The summed E-state index contributed by atoms with van der Waals surface area (Å²) in [6.07, 6.45) is 2.19. The number of benzene rings is 1. The van der Waals surface area contributed by atoms with Gasteiger partial charge in [-0.2, -0.15) is 0 Å². The summed E-state index contributed by atoms with van der Waals surface area (Å²) in [6, 6.07) is 5.28. The zero-order valence-electron chi connectivity index (χ0n) is 10.2. The van der Waals surface area contributed by atoms with Crippen LogP contribution in [0.4, 0.5) is 11.4 Å². The molecule has 0 bridgehead atoms. The summed E-state index contributed by atoms with van der Waals surface area (Å²) in [5.74, 6) is 0. The van der Waals surface area contributed by atoms with Crippen molar-refractivity contribution in [2.45, 2.75) is 18.9 Å². The molecular formula is C12H16BrN3O2. The smallest absolute Gasteiger partial charge is 0.270 e. The quantitative estimate of drug-likeness (QED) is 0.688. The number of nitro groups is 1. The summed E-state index contributed by atoms with van der Waals surface area (Å²) in [5, 5.41) is 14.1. The molecule has 0 aromatic heterocycles. The molecule has 0 unspecified atom stereocenters. The fourth-order valence-electron chi connectivity index (χ4n) is 2.11. The molecule has 6 heteroatoms. The Labute approximate surface area is 114 Å². The van der Waals surface area contributed by atoms with Gasteiger partial charge in [-0.3, -0.25) is 10.1 Å². The van der Waals surface area contributed by atoms with Crippen LogP contribution in [0.2, 0.25) is 0 Å². The number of piperidine rings is 1. The molecule has 5 nitrogen and oxygen atoms in total. The van der Waals surface area contributed by atoms with Crippen LogP contribution in [0.5, 0.6) is 0 Å². The fraction of sp³-hybridized carbons (Fsp3) is 0.500. The Bertz CT molecular complexity index is 445. The predicted octanol–water partition coefficient (Wildman–Crippen LogP) is 2.86. The van der Waals surface area contributed by atoms with Gasteiger partial charge in [0.2, 0.25) is 0 Å². The van der Waals surface area contributed by atoms with E-state index < -0.39 is 0 Å². The predicted molar refractivity (Wildman–Crippen MR) is 74.9 cm³/mol. The molecule has 1 aliphatic heterocycles. The van der Waals surface area contributed by atoms with E-state index in [1.165, 1.54) is 12.1 Å². The lowest BCUT2D eigenvalue weighted by molar-refractivity contribution is -0.384. The van der Waals surface area contributed by atoms with Crippen LogP contribution in [0.25, 0.3) is 0 Å². The van der Waals surface area contributed by atoms with E-state index in [1.54, 1.807) is 6.07 Å². The van der Waals surface area contributed by atoms with Crippen molar-refractivity contribution >= 4 is 27.3 Å². The van der Waals surface area contributed by atoms with Gasteiger partial charge >= 0.3 is 0 Å². The molecule has 0 radical (unpaired) electrons. The molecule has 1 fully saturated rings. The average molecular weight is 314 g/mol. The highest BCUT2D eigenvalue weighted by atomic mass is 79.9. The number of non-ortho nitro benzene ring substituents is 1. The summed E-state index contributed by atoms with van der Waals surface area (Å²) < 4.78 is 0.746. The first kappa shape index (κ1) is 13.3. The Balaban J connectivity index is 2.03. The van der Waals surface area contributed by atoms with Crippen molar-refractivity contribution in [3.05, 3.63) is 32.8 Å². The van der Waals surface area contributed by atoms with E-state index >= 15 is 0 Å². The van der Waals surface area contributed by atoms with Crippen molar-refractivity contribution in [1.29, 1.82) is 0 Å². The van der Waals surface area contributed by atoms with E-state index in [-0.39, 0.29) is 10.6 Å². The minimum Gasteiger partial charge on any atom is -0.381 e. The monoisotopic (exact) mass is 313 g/mol. The Morgan fingerprint density at radius 2 is 2.11 bits per heavy atom. The van der Waals surface area contributed by atoms with E-state index in [1.807, 2.05) is 0 Å². The number of hydrogen-bond donors (Lipinski definition) is 1. The van der Waals surface area contributed by atoms with Gasteiger partial charge in [0.1, 0.15) is 0 Å². The first-order valence-corrected chi connectivity index (χ1v) is 6.74. The maximum Gasteiger partial charge on any atom is 0.270 e. The topological polar surface area (TPSA) is 58.4 Å². The minimum absolute atomic E-state index is 0.107. The molecule has 1 saturated heterocycles. The maximum atomic E-state index is 10.6. The van der Waals surface area contributed by atoms with Crippen molar-refractivity contribution in [1.82, 2.24) is 4.90 Å². The first-order chi connectivity index (χ1) is 8.56. The summed E-state index contributed by atoms with van der Waals surface area (Å²) in [5.41, 5.74) is 1.03. The molecule has 0 amide bonds. The van der Waals surface area contributed by atoms with Crippen LogP contribution in [0, 0.1) is 10.1 Å². The molecule has 98 valence electrons. The van der Waals surface area contributed by atoms with E-state index in [2.05, 4.69) is 33.2 Å². The lowest BCUT2D eigenvalue weighted by Crippen LogP contribution is -2.36. The summed E-state index contributed by atoms with van der Waals surface area (Å²) >= 11 is 3.38. The minimum atomic E-state index is -0.385. The zero-order valence-corrected chi connectivity index (χ0v) is 11.8. The Kier molecular flexibility index (Phi) is 4.19. The molecule has 1 heterocycles. The molecule has 18 heavy (non-hydrogen) atoms. The van der Waals surface area contributed by atoms with Crippen molar-refractivity contribution < 1.29 is 4.92 Å². The third-order valence-corrected chi connectivity index (χ3v) is 3.90. The molecule has 1 aliphatic rings. The summed E-state index contributed by atoms with van der Waals surface area (Å²) in [7, 11) is 2.12. The molecule has 1 aromatic carbocycles. The van der Waals surface area contributed by atoms with E-state index in [0.717, 1.165) is 36.1 Å². The van der Waals surface area contributed by atoms with Gasteiger partial charge in [-0.05, 0) is 55.0 Å². The van der Waals surface area contributed by atoms with Crippen LogP contribution in [-0.4, -0.2) is 36.0 Å². The van der Waals surface area contributed by atoms with Crippen LogP contribution in [0.15, 0.2) is 22.7 Å². The standard InChI is InChI=1S/C12H16BrN3O2/c1-15-6-4-9(5-7-15)14-12-3-2-10(16(17)18)8-11(12)13/h2-3,8-9,14H,4-7H2,1H3. The van der Waals surface area contributed by atoms with E-state index in [9.17, 15) is 10.1 Å². The second-order valence-corrected chi connectivity index (χ2v) is 5.50. The molecule has 1 N–H and O–H groups in total. The van der Waals surface area contributed by atoms with Gasteiger partial charge in [-0.15, -0.1) is 0 Å². The van der Waals surface area contributed by atoms with Crippen LogP contribution in [0.1, 0.15) is 12.8 Å². The molecule has 0 atom stereocenters. The average Bonchev–Trinajstić information content (AvgIpc) is 2.34. The van der Waals surface area contributed by atoms with Gasteiger partial charge in [0.15, 0.2) is 0 Å². The number of nitrogens with one attached hydrogen (secondary N) is 1. The lowest BCUT2D eigenvalue weighted by Gasteiger charge is -2.30. The van der Waals surface area contributed by atoms with Gasteiger partial charge < -0.3 is 10.2 Å². The maximum absolute atomic E-state index is 10.6. The Hall–Kier alpha value is -1.14. The number of nitro benzene ring substituents is 1. The third kappa shape index (κ3) is 3.20. The SMILES string of the molecule is CN1CCC(Nc2ccc([N+](=O)[O-])cc2Br)CC1. The third-order valence-electron chi connectivity index (χ3n) is 3.24. The number of hydrogen-bond acceptors (Lipinski definition) is 4. The number of rotatable bonds is 3. The molecule has 0 saturated carbocycles. The number of nitrogens with zero attached hydrogens (tertiary/aromatic N) is 2. The van der Waals surface area contributed by atoms with Crippen molar-refractivity contribution in [3.63, 3.8) is 0 Å². The van der Waals surface area contributed by atoms with Crippen LogP contribution < -0.4 is 5.32 Å². The summed E-state index contributed by atoms with van der Waals surface area (Å²) in [4.78, 5) is 12.6. The van der Waals surface area contributed by atoms with E-state index in [0.29, 0.717) is 6.04 Å². The van der Waals surface area contributed by atoms with Crippen molar-refractivity contribution in [3.8, 4) is 0 Å². The van der Waals surface area contributed by atoms with Crippen LogP contribution in [0.3, 0.4) is 0 Å². The highest BCUT2D eigenvalue weighted by Gasteiger charge is 2.17. The normalized spacial score (nSPS) is 17.7. The summed E-state index contributed by atoms with van der Waals surface area (Å²) in [6.45, 7) is 2.17. The van der Waals surface area contributed by atoms with E-state index in [4.69, 9.17) is 0 Å². The Morgan fingerprint density at radius 3 is 2.67 bits per heavy atom. The number of anilines is 1. The highest BCUT2D eigenvalue weighted by molar-refractivity contribution is 9.10. The second-order valence-electron chi connectivity index (χ2n) is 4.64. The molecular weight excluding hydrogens is 298 g/mol. The van der Waals surface area contributed by atoms with Gasteiger partial charge in [0.25, 0.3) is 5.69 Å². The van der Waals surface area contributed by atoms with Crippen LogP contribution in [-0.2, 0) is 0 Å². The number of likely N-dealkylation sites (tertiary alicyclic amines) is 1. The lowest BCUT2D eigenvalue weighted by atomic mass is 10.1. The van der Waals surface area contributed by atoms with Crippen LogP contribution >= 0.6 is 15.9 Å².